The van der Waals surface area contributed by atoms with Crippen molar-refractivity contribution in [1.82, 2.24) is 20.4 Å². The maximum Gasteiger partial charge on any atom is 0.242 e. The molecular formula is C27H32N6O2. The summed E-state index contributed by atoms with van der Waals surface area (Å²) in [5, 5.41) is 17.5. The number of benzene rings is 2. The Bertz CT molecular complexity index is 1170. The second-order valence-electron chi connectivity index (χ2n) is 9.16. The van der Waals surface area contributed by atoms with E-state index in [1.165, 1.54) is 5.56 Å². The molecule has 1 aliphatic rings. The summed E-state index contributed by atoms with van der Waals surface area (Å²) in [5.74, 6) is -0.0965. The Labute approximate surface area is 205 Å². The summed E-state index contributed by atoms with van der Waals surface area (Å²) in [5.41, 5.74) is 9.24. The zero-order valence-electron chi connectivity index (χ0n) is 19.9. The standard InChI is InChI=1S/C27H32N6O2/c1-18(26(34)30-17-19-9-11-20(12-10-19)25(28)29)32-27(35)23-7-2-5-21(15-23)22-6-3-8-24(16-22)33-14-4-13-31-33/h3-4,6,8-14,16,18,21,23H,2,5,7,15,17H2,1H3,(H3,28,29)(H,30,34)(H,32,35)/t18-,21-,23+/m0/s1. The maximum absolute atomic E-state index is 13.0. The van der Waals surface area contributed by atoms with Crippen LogP contribution in [-0.4, -0.2) is 33.5 Å². The molecule has 35 heavy (non-hydrogen) atoms. The summed E-state index contributed by atoms with van der Waals surface area (Å²) >= 11 is 0. The quantitative estimate of drug-likeness (QED) is 0.297. The zero-order chi connectivity index (χ0) is 24.8. The molecule has 0 bridgehead atoms. The van der Waals surface area contributed by atoms with E-state index >= 15 is 0 Å². The maximum atomic E-state index is 13.0. The summed E-state index contributed by atoms with van der Waals surface area (Å²) in [6.45, 7) is 2.05. The van der Waals surface area contributed by atoms with E-state index in [9.17, 15) is 9.59 Å². The Morgan fingerprint density at radius 2 is 1.97 bits per heavy atom. The van der Waals surface area contributed by atoms with E-state index in [0.717, 1.165) is 36.9 Å². The van der Waals surface area contributed by atoms with Crippen molar-refractivity contribution in [3.05, 3.63) is 83.7 Å². The normalized spacial score (nSPS) is 18.4. The van der Waals surface area contributed by atoms with Crippen molar-refractivity contribution in [2.45, 2.75) is 51.1 Å². The zero-order valence-corrected chi connectivity index (χ0v) is 19.9. The first-order chi connectivity index (χ1) is 16.9. The summed E-state index contributed by atoms with van der Waals surface area (Å²) < 4.78 is 1.84. The molecule has 3 aromatic rings. The second kappa shape index (κ2) is 11.0. The van der Waals surface area contributed by atoms with Crippen LogP contribution < -0.4 is 16.4 Å². The number of nitrogens with zero attached hydrogens (tertiary/aromatic N) is 2. The van der Waals surface area contributed by atoms with Crippen LogP contribution in [0.2, 0.25) is 0 Å². The Hall–Kier alpha value is -3.94. The highest BCUT2D eigenvalue weighted by Crippen LogP contribution is 2.36. The number of amidine groups is 1. The van der Waals surface area contributed by atoms with Gasteiger partial charge in [0.1, 0.15) is 11.9 Å². The van der Waals surface area contributed by atoms with Crippen LogP contribution in [0.1, 0.15) is 55.2 Å². The third-order valence-corrected chi connectivity index (χ3v) is 6.64. The molecule has 1 aromatic heterocycles. The van der Waals surface area contributed by atoms with E-state index in [1.54, 1.807) is 25.3 Å². The van der Waals surface area contributed by atoms with E-state index in [-0.39, 0.29) is 23.6 Å². The number of aromatic nitrogens is 2. The molecular weight excluding hydrogens is 440 g/mol. The Morgan fingerprint density at radius 3 is 2.69 bits per heavy atom. The van der Waals surface area contributed by atoms with Crippen molar-refractivity contribution in [3.8, 4) is 5.69 Å². The minimum Gasteiger partial charge on any atom is -0.384 e. The highest BCUT2D eigenvalue weighted by Gasteiger charge is 2.29. The first-order valence-corrected chi connectivity index (χ1v) is 12.0. The molecule has 2 amide bonds. The molecule has 0 unspecified atom stereocenters. The van der Waals surface area contributed by atoms with Gasteiger partial charge in [0.2, 0.25) is 11.8 Å². The topological polar surface area (TPSA) is 126 Å². The number of amides is 2. The molecule has 1 heterocycles. The average Bonchev–Trinajstić information content (AvgIpc) is 3.43. The van der Waals surface area contributed by atoms with Gasteiger partial charge >= 0.3 is 0 Å². The molecule has 0 aliphatic heterocycles. The summed E-state index contributed by atoms with van der Waals surface area (Å²) in [7, 11) is 0. The predicted octanol–water partition coefficient (Wildman–Crippen LogP) is 3.25. The lowest BCUT2D eigenvalue weighted by Crippen LogP contribution is -2.47. The van der Waals surface area contributed by atoms with E-state index in [0.29, 0.717) is 18.0 Å². The minimum absolute atomic E-state index is 0.00693. The van der Waals surface area contributed by atoms with Gasteiger partial charge in [-0.05, 0) is 61.4 Å². The van der Waals surface area contributed by atoms with Gasteiger partial charge in [-0.15, -0.1) is 0 Å². The minimum atomic E-state index is -0.623. The number of hydrogen-bond acceptors (Lipinski definition) is 4. The monoisotopic (exact) mass is 472 g/mol. The molecule has 182 valence electrons. The predicted molar refractivity (Wildman–Crippen MR) is 135 cm³/mol. The fourth-order valence-electron chi connectivity index (χ4n) is 4.61. The number of nitrogens with two attached hydrogens (primary N) is 1. The van der Waals surface area contributed by atoms with Crippen LogP contribution in [0.4, 0.5) is 0 Å². The molecule has 8 heteroatoms. The van der Waals surface area contributed by atoms with Gasteiger partial charge in [0, 0.05) is 30.4 Å². The summed E-state index contributed by atoms with van der Waals surface area (Å²) in [6.07, 6.45) is 7.30. The van der Waals surface area contributed by atoms with Gasteiger partial charge in [-0.25, -0.2) is 4.68 Å². The van der Waals surface area contributed by atoms with Gasteiger partial charge in [-0.3, -0.25) is 15.0 Å². The van der Waals surface area contributed by atoms with Crippen molar-refractivity contribution in [3.63, 3.8) is 0 Å². The third-order valence-electron chi connectivity index (χ3n) is 6.64. The largest absolute Gasteiger partial charge is 0.384 e. The smallest absolute Gasteiger partial charge is 0.242 e. The van der Waals surface area contributed by atoms with Crippen molar-refractivity contribution >= 4 is 17.6 Å². The lowest BCUT2D eigenvalue weighted by atomic mass is 9.77. The second-order valence-corrected chi connectivity index (χ2v) is 9.16. The van der Waals surface area contributed by atoms with Crippen molar-refractivity contribution < 1.29 is 9.59 Å². The molecule has 8 nitrogen and oxygen atoms in total. The Kier molecular flexibility index (Phi) is 7.60. The Balaban J connectivity index is 1.30. The summed E-state index contributed by atoms with van der Waals surface area (Å²) in [6, 6.07) is 16.8. The van der Waals surface area contributed by atoms with E-state index in [4.69, 9.17) is 11.1 Å². The average molecular weight is 473 g/mol. The van der Waals surface area contributed by atoms with Crippen LogP contribution in [0.3, 0.4) is 0 Å². The van der Waals surface area contributed by atoms with Crippen LogP contribution in [0.25, 0.3) is 5.69 Å². The van der Waals surface area contributed by atoms with Gasteiger partial charge in [0.05, 0.1) is 5.69 Å². The van der Waals surface area contributed by atoms with E-state index in [1.807, 2.05) is 41.2 Å². The molecule has 5 N–H and O–H groups in total. The fraction of sp³-hybridized carbons (Fsp3) is 0.333. The number of hydrogen-bond donors (Lipinski definition) is 4. The SMILES string of the molecule is C[C@H](NC(=O)[C@@H]1CCC[C@H](c2cccc(-n3cccn3)c2)C1)C(=O)NCc1ccc(C(=N)N)cc1. The Morgan fingerprint density at radius 1 is 1.17 bits per heavy atom. The van der Waals surface area contributed by atoms with Crippen LogP contribution in [0.15, 0.2) is 67.0 Å². The fourth-order valence-corrected chi connectivity index (χ4v) is 4.61. The van der Waals surface area contributed by atoms with Gasteiger partial charge in [0.15, 0.2) is 0 Å². The number of nitrogens with one attached hydrogen (secondary N) is 3. The molecule has 3 atom stereocenters. The lowest BCUT2D eigenvalue weighted by molar-refractivity contribution is -0.131. The molecule has 1 saturated carbocycles. The van der Waals surface area contributed by atoms with Gasteiger partial charge in [-0.2, -0.15) is 5.10 Å². The third kappa shape index (κ3) is 6.15. The lowest BCUT2D eigenvalue weighted by Gasteiger charge is -2.29. The number of nitrogen functional groups attached to an aromatic ring is 1. The number of carbonyl (C=O) groups excluding carboxylic acids is 2. The molecule has 0 radical (unpaired) electrons. The highest BCUT2D eigenvalue weighted by molar-refractivity contribution is 5.94. The van der Waals surface area contributed by atoms with Crippen molar-refractivity contribution in [2.75, 3.05) is 0 Å². The summed E-state index contributed by atoms with van der Waals surface area (Å²) in [4.78, 5) is 25.5. The molecule has 2 aromatic carbocycles. The van der Waals surface area contributed by atoms with Crippen molar-refractivity contribution in [1.29, 1.82) is 5.41 Å². The molecule has 1 fully saturated rings. The molecule has 0 saturated heterocycles. The van der Waals surface area contributed by atoms with Crippen LogP contribution >= 0.6 is 0 Å². The molecule has 1 aliphatic carbocycles. The molecule has 4 rings (SSSR count). The van der Waals surface area contributed by atoms with E-state index in [2.05, 4.69) is 27.9 Å². The number of carbonyl (C=O) groups is 2. The highest BCUT2D eigenvalue weighted by atomic mass is 16.2. The van der Waals surface area contributed by atoms with Gasteiger partial charge in [-0.1, -0.05) is 42.8 Å². The van der Waals surface area contributed by atoms with Crippen LogP contribution in [0.5, 0.6) is 0 Å². The van der Waals surface area contributed by atoms with Crippen LogP contribution in [0, 0.1) is 11.3 Å². The first-order valence-electron chi connectivity index (χ1n) is 12.0. The van der Waals surface area contributed by atoms with Gasteiger partial charge in [0.25, 0.3) is 0 Å². The van der Waals surface area contributed by atoms with Crippen LogP contribution in [-0.2, 0) is 16.1 Å². The van der Waals surface area contributed by atoms with Crippen molar-refractivity contribution in [2.24, 2.45) is 11.7 Å². The number of rotatable bonds is 8. The van der Waals surface area contributed by atoms with Gasteiger partial charge < -0.3 is 16.4 Å². The molecule has 0 spiro atoms. The first kappa shape index (κ1) is 24.2. The van der Waals surface area contributed by atoms with E-state index < -0.39 is 6.04 Å².